The zero-order chi connectivity index (χ0) is 27.0. The van der Waals surface area contributed by atoms with Gasteiger partial charge >= 0.3 is 0 Å². The van der Waals surface area contributed by atoms with Crippen molar-refractivity contribution >= 4 is 23.6 Å². The maximum absolute atomic E-state index is 12.7. The lowest BCUT2D eigenvalue weighted by molar-refractivity contribution is -0.136. The maximum atomic E-state index is 12.7. The molecule has 0 saturated heterocycles. The normalized spacial score (nSPS) is 12.1. The Morgan fingerprint density at radius 2 is 0.943 bits per heavy atom. The Bertz CT molecular complexity index is 649. The molecular weight excluding hydrogens is 444 g/mol. The van der Waals surface area contributed by atoms with Crippen LogP contribution in [0.3, 0.4) is 0 Å². The van der Waals surface area contributed by atoms with E-state index in [4.69, 9.17) is 0 Å². The molecule has 0 heterocycles. The van der Waals surface area contributed by atoms with E-state index in [0.717, 1.165) is 32.1 Å². The Morgan fingerprint density at radius 3 is 1.29 bits per heavy atom. The molecule has 0 fully saturated rings. The van der Waals surface area contributed by atoms with Crippen LogP contribution in [0.2, 0.25) is 0 Å². The Hall–Kier alpha value is -2.12. The maximum Gasteiger partial charge on any atom is 0.225 e. The SMILES string of the molecule is CCC(C)C(=O)NCCCN(CCCCN(CCCNC(=O)C(C)C)C(=O)C(C)C)C(=O)C(C)C. The highest BCUT2D eigenvalue weighted by molar-refractivity contribution is 5.79. The van der Waals surface area contributed by atoms with Gasteiger partial charge in [0.05, 0.1) is 0 Å². The molecule has 1 atom stereocenters. The fraction of sp³-hybridized carbons (Fsp3) is 0.852. The second-order valence-corrected chi connectivity index (χ2v) is 10.4. The van der Waals surface area contributed by atoms with Gasteiger partial charge in [0, 0.05) is 62.9 Å². The quantitative estimate of drug-likeness (QED) is 0.284. The molecule has 0 aliphatic heterocycles. The van der Waals surface area contributed by atoms with Gasteiger partial charge in [0.25, 0.3) is 0 Å². The largest absolute Gasteiger partial charge is 0.356 e. The Labute approximate surface area is 213 Å². The van der Waals surface area contributed by atoms with Crippen molar-refractivity contribution in [2.75, 3.05) is 39.3 Å². The Morgan fingerprint density at radius 1 is 0.571 bits per heavy atom. The molecule has 0 saturated carbocycles. The van der Waals surface area contributed by atoms with Crippen LogP contribution in [0, 0.1) is 23.7 Å². The van der Waals surface area contributed by atoms with Crippen LogP contribution in [0.1, 0.15) is 87.5 Å². The number of amides is 4. The van der Waals surface area contributed by atoms with Gasteiger partial charge in [-0.2, -0.15) is 0 Å². The third-order valence-electron chi connectivity index (χ3n) is 6.11. The summed E-state index contributed by atoms with van der Waals surface area (Å²) in [5.74, 6) is 0.132. The third-order valence-corrected chi connectivity index (χ3v) is 6.11. The first-order chi connectivity index (χ1) is 16.4. The van der Waals surface area contributed by atoms with Crippen LogP contribution in [0.4, 0.5) is 0 Å². The number of carbonyl (C=O) groups is 4. The second kappa shape index (κ2) is 18.2. The van der Waals surface area contributed by atoms with Crippen molar-refractivity contribution in [3.05, 3.63) is 0 Å². The average Bonchev–Trinajstić information content (AvgIpc) is 2.81. The Kier molecular flexibility index (Phi) is 17.1. The van der Waals surface area contributed by atoms with Gasteiger partial charge in [-0.15, -0.1) is 0 Å². The molecule has 8 heteroatoms. The predicted octanol–water partition coefficient (Wildman–Crippen LogP) is 3.45. The zero-order valence-corrected chi connectivity index (χ0v) is 23.6. The summed E-state index contributed by atoms with van der Waals surface area (Å²) < 4.78 is 0. The number of unbranched alkanes of at least 4 members (excludes halogenated alkanes) is 1. The molecule has 1 unspecified atom stereocenters. The third kappa shape index (κ3) is 14.1. The van der Waals surface area contributed by atoms with E-state index in [9.17, 15) is 19.2 Å². The van der Waals surface area contributed by atoms with Crippen LogP contribution >= 0.6 is 0 Å². The van der Waals surface area contributed by atoms with E-state index >= 15 is 0 Å². The highest BCUT2D eigenvalue weighted by Crippen LogP contribution is 2.09. The molecule has 0 aromatic carbocycles. The van der Waals surface area contributed by atoms with Crippen LogP contribution in [0.25, 0.3) is 0 Å². The first-order valence-electron chi connectivity index (χ1n) is 13.5. The summed E-state index contributed by atoms with van der Waals surface area (Å²) in [4.78, 5) is 52.8. The minimum absolute atomic E-state index is 0.00590. The monoisotopic (exact) mass is 496 g/mol. The van der Waals surface area contributed by atoms with E-state index in [-0.39, 0.29) is 47.3 Å². The van der Waals surface area contributed by atoms with E-state index in [2.05, 4.69) is 10.6 Å². The summed E-state index contributed by atoms with van der Waals surface area (Å²) in [6.45, 7) is 18.9. The van der Waals surface area contributed by atoms with Crippen molar-refractivity contribution in [3.63, 3.8) is 0 Å². The molecule has 0 aliphatic rings. The van der Waals surface area contributed by atoms with Crippen molar-refractivity contribution in [2.24, 2.45) is 23.7 Å². The van der Waals surface area contributed by atoms with Crippen LogP contribution in [0.5, 0.6) is 0 Å². The lowest BCUT2D eigenvalue weighted by atomic mass is 10.1. The van der Waals surface area contributed by atoms with Crippen LogP contribution in [-0.2, 0) is 19.2 Å². The van der Waals surface area contributed by atoms with E-state index in [0.29, 0.717) is 39.3 Å². The molecular formula is C27H52N4O4. The summed E-state index contributed by atoms with van der Waals surface area (Å²) in [6, 6.07) is 0. The Balaban J connectivity index is 4.64. The molecule has 0 radical (unpaired) electrons. The molecule has 2 N–H and O–H groups in total. The number of hydrogen-bond acceptors (Lipinski definition) is 4. The topological polar surface area (TPSA) is 98.8 Å². The number of nitrogens with zero attached hydrogens (tertiary/aromatic N) is 2. The van der Waals surface area contributed by atoms with Crippen molar-refractivity contribution in [2.45, 2.75) is 87.5 Å². The summed E-state index contributed by atoms with van der Waals surface area (Å²) in [6.07, 6.45) is 3.87. The minimum atomic E-state index is -0.0789. The first kappa shape index (κ1) is 32.9. The van der Waals surface area contributed by atoms with Gasteiger partial charge in [0.2, 0.25) is 23.6 Å². The minimum Gasteiger partial charge on any atom is -0.356 e. The van der Waals surface area contributed by atoms with Crippen molar-refractivity contribution in [1.29, 1.82) is 0 Å². The van der Waals surface area contributed by atoms with Crippen molar-refractivity contribution in [1.82, 2.24) is 20.4 Å². The molecule has 0 aliphatic carbocycles. The molecule has 0 spiro atoms. The molecule has 204 valence electrons. The number of nitrogens with one attached hydrogen (secondary N) is 2. The van der Waals surface area contributed by atoms with Gasteiger partial charge in [-0.25, -0.2) is 0 Å². The number of hydrogen-bond donors (Lipinski definition) is 2. The van der Waals surface area contributed by atoms with E-state index in [1.807, 2.05) is 65.2 Å². The number of carbonyl (C=O) groups excluding carboxylic acids is 4. The smallest absolute Gasteiger partial charge is 0.225 e. The first-order valence-corrected chi connectivity index (χ1v) is 13.5. The lowest BCUT2D eigenvalue weighted by Crippen LogP contribution is -2.39. The van der Waals surface area contributed by atoms with Crippen LogP contribution < -0.4 is 10.6 Å². The molecule has 0 bridgehead atoms. The van der Waals surface area contributed by atoms with Gasteiger partial charge in [-0.05, 0) is 32.1 Å². The second-order valence-electron chi connectivity index (χ2n) is 10.4. The van der Waals surface area contributed by atoms with E-state index < -0.39 is 0 Å². The van der Waals surface area contributed by atoms with Gasteiger partial charge in [0.1, 0.15) is 0 Å². The summed E-state index contributed by atoms with van der Waals surface area (Å²) in [7, 11) is 0. The highest BCUT2D eigenvalue weighted by Gasteiger charge is 2.19. The molecule has 4 amide bonds. The van der Waals surface area contributed by atoms with E-state index in [1.54, 1.807) is 0 Å². The summed E-state index contributed by atoms with van der Waals surface area (Å²) >= 11 is 0. The summed E-state index contributed by atoms with van der Waals surface area (Å²) in [5.41, 5.74) is 0. The summed E-state index contributed by atoms with van der Waals surface area (Å²) in [5, 5.41) is 5.86. The van der Waals surface area contributed by atoms with Gasteiger partial charge in [0.15, 0.2) is 0 Å². The van der Waals surface area contributed by atoms with Crippen LogP contribution in [-0.4, -0.2) is 72.7 Å². The van der Waals surface area contributed by atoms with E-state index in [1.165, 1.54) is 0 Å². The molecule has 35 heavy (non-hydrogen) atoms. The molecule has 0 aromatic heterocycles. The predicted molar refractivity (Wildman–Crippen MR) is 142 cm³/mol. The van der Waals surface area contributed by atoms with Crippen molar-refractivity contribution < 1.29 is 19.2 Å². The fourth-order valence-corrected chi connectivity index (χ4v) is 3.53. The molecule has 8 nitrogen and oxygen atoms in total. The average molecular weight is 497 g/mol. The van der Waals surface area contributed by atoms with Crippen LogP contribution in [0.15, 0.2) is 0 Å². The fourth-order valence-electron chi connectivity index (χ4n) is 3.53. The standard InChI is InChI=1S/C27H52N4O4/c1-9-23(8)25(33)29-15-13-19-31(27(35)22(6)7)17-11-10-16-30(26(34)21(4)5)18-12-14-28-24(32)20(2)3/h20-23H,9-19H2,1-8H3,(H,28,32)(H,29,33). The molecule has 0 rings (SSSR count). The van der Waals surface area contributed by atoms with Gasteiger partial charge < -0.3 is 20.4 Å². The van der Waals surface area contributed by atoms with Gasteiger partial charge in [-0.1, -0.05) is 55.4 Å². The molecule has 0 aromatic rings. The zero-order valence-electron chi connectivity index (χ0n) is 23.6. The van der Waals surface area contributed by atoms with Crippen molar-refractivity contribution in [3.8, 4) is 0 Å². The highest BCUT2D eigenvalue weighted by atomic mass is 16.2. The van der Waals surface area contributed by atoms with Gasteiger partial charge in [-0.3, -0.25) is 19.2 Å². The number of rotatable bonds is 18. The lowest BCUT2D eigenvalue weighted by Gasteiger charge is -2.27.